The molecule has 114 valence electrons. The fraction of sp³-hybridized carbons (Fsp3) is 0.100. The van der Waals surface area contributed by atoms with E-state index >= 15 is 0 Å². The number of aromatic nitrogens is 3. The normalized spacial score (nSPS) is 10.2. The quantitative estimate of drug-likeness (QED) is 0.612. The van der Waals surface area contributed by atoms with Crippen LogP contribution in [0.1, 0.15) is 10.5 Å². The number of benzene rings is 1. The van der Waals surface area contributed by atoms with Crippen molar-refractivity contribution in [1.29, 1.82) is 0 Å². The highest BCUT2D eigenvalue weighted by Gasteiger charge is 2.23. The first kappa shape index (κ1) is 15.4. The Morgan fingerprint density at radius 1 is 1.27 bits per heavy atom. The minimum atomic E-state index is -0.741. The van der Waals surface area contributed by atoms with Crippen LogP contribution < -0.4 is 5.32 Å². The van der Waals surface area contributed by atoms with Crippen LogP contribution in [0.2, 0.25) is 0 Å². The monoisotopic (exact) mass is 324 g/mol. The second-order valence-corrected chi connectivity index (χ2v) is 4.86. The smallest absolute Gasteiger partial charge is 0.290 e. The second kappa shape index (κ2) is 6.17. The average molecular weight is 324 g/mol. The first-order chi connectivity index (χ1) is 10.4. The fourth-order valence-electron chi connectivity index (χ4n) is 1.51. The number of carbonyl (C=O) groups is 1. The van der Waals surface area contributed by atoms with E-state index in [1.165, 1.54) is 13.1 Å². The standard InChI is InChI=1S/C10H8N6O5S/c1-11-9(17)8-10(13-14-12-8)22-7-3-2-5(15(18)19)4-6(7)16(20)21/h2-4H,1H3,(H,11,17)(H,12,13,14). The Morgan fingerprint density at radius 2 is 2.00 bits per heavy atom. The lowest BCUT2D eigenvalue weighted by molar-refractivity contribution is -0.396. The van der Waals surface area contributed by atoms with E-state index in [9.17, 15) is 25.0 Å². The molecule has 0 saturated heterocycles. The zero-order valence-electron chi connectivity index (χ0n) is 11.0. The summed E-state index contributed by atoms with van der Waals surface area (Å²) in [6.45, 7) is 0. The molecule has 12 heteroatoms. The van der Waals surface area contributed by atoms with Crippen molar-refractivity contribution in [1.82, 2.24) is 20.7 Å². The Bertz CT molecular complexity index is 760. The van der Waals surface area contributed by atoms with Crippen molar-refractivity contribution in [2.45, 2.75) is 9.92 Å². The van der Waals surface area contributed by atoms with Crippen LogP contribution in [0, 0.1) is 20.2 Å². The van der Waals surface area contributed by atoms with Gasteiger partial charge in [0.2, 0.25) is 0 Å². The van der Waals surface area contributed by atoms with Gasteiger partial charge in [0.1, 0.15) is 0 Å². The van der Waals surface area contributed by atoms with Crippen molar-refractivity contribution >= 4 is 29.0 Å². The number of nitro groups is 2. The van der Waals surface area contributed by atoms with Crippen LogP contribution in [0.25, 0.3) is 0 Å². The summed E-state index contributed by atoms with van der Waals surface area (Å²) in [5.74, 6) is -0.513. The fourth-order valence-corrected chi connectivity index (χ4v) is 2.42. The minimum absolute atomic E-state index is 0.0276. The predicted molar refractivity (Wildman–Crippen MR) is 73.6 cm³/mol. The molecule has 0 aliphatic rings. The summed E-state index contributed by atoms with van der Waals surface area (Å²) in [4.78, 5) is 31.9. The van der Waals surface area contributed by atoms with Gasteiger partial charge in [-0.05, 0) is 6.07 Å². The van der Waals surface area contributed by atoms with E-state index < -0.39 is 27.1 Å². The van der Waals surface area contributed by atoms with Gasteiger partial charge in [-0.2, -0.15) is 5.21 Å². The molecule has 0 aliphatic carbocycles. The van der Waals surface area contributed by atoms with Crippen LogP contribution in [-0.2, 0) is 0 Å². The van der Waals surface area contributed by atoms with Crippen molar-refractivity contribution in [3.63, 3.8) is 0 Å². The third-order valence-electron chi connectivity index (χ3n) is 2.51. The Hall–Kier alpha value is -3.02. The number of carbonyl (C=O) groups excluding carboxylic acids is 1. The van der Waals surface area contributed by atoms with Gasteiger partial charge >= 0.3 is 0 Å². The van der Waals surface area contributed by atoms with Gasteiger partial charge < -0.3 is 5.32 Å². The molecular formula is C10H8N6O5S. The van der Waals surface area contributed by atoms with Crippen molar-refractivity contribution in [2.24, 2.45) is 0 Å². The summed E-state index contributed by atoms with van der Waals surface area (Å²) < 4.78 is 0. The lowest BCUT2D eigenvalue weighted by atomic mass is 10.3. The number of nitro benzene ring substituents is 2. The first-order valence-corrected chi connectivity index (χ1v) is 6.49. The molecule has 0 fully saturated rings. The largest absolute Gasteiger partial charge is 0.354 e. The van der Waals surface area contributed by atoms with Gasteiger partial charge in [0.25, 0.3) is 17.3 Å². The summed E-state index contributed by atoms with van der Waals surface area (Å²) in [6.07, 6.45) is 0. The topological polar surface area (TPSA) is 157 Å². The number of nitrogens with one attached hydrogen (secondary N) is 2. The van der Waals surface area contributed by atoms with E-state index in [0.717, 1.165) is 23.9 Å². The zero-order valence-corrected chi connectivity index (χ0v) is 11.8. The molecule has 0 aliphatic heterocycles. The molecule has 0 atom stereocenters. The number of aromatic amines is 1. The maximum absolute atomic E-state index is 11.6. The third kappa shape index (κ3) is 3.01. The number of rotatable bonds is 5. The van der Waals surface area contributed by atoms with E-state index in [2.05, 4.69) is 20.7 Å². The Kier molecular flexibility index (Phi) is 4.31. The number of hydrogen-bond acceptors (Lipinski definition) is 8. The maximum atomic E-state index is 11.6. The van der Waals surface area contributed by atoms with E-state index in [-0.39, 0.29) is 15.6 Å². The molecule has 1 aromatic heterocycles. The number of nitrogens with zero attached hydrogens (tertiary/aromatic N) is 4. The molecule has 22 heavy (non-hydrogen) atoms. The highest BCUT2D eigenvalue weighted by Crippen LogP contribution is 2.36. The summed E-state index contributed by atoms with van der Waals surface area (Å²) in [7, 11) is 1.40. The molecule has 11 nitrogen and oxygen atoms in total. The molecule has 1 aromatic carbocycles. The number of hydrogen-bond donors (Lipinski definition) is 2. The summed E-state index contributed by atoms with van der Waals surface area (Å²) in [6, 6.07) is 3.21. The Labute approximate surface area is 126 Å². The van der Waals surface area contributed by atoms with E-state index in [0.29, 0.717) is 0 Å². The third-order valence-corrected chi connectivity index (χ3v) is 3.56. The molecule has 1 amide bonds. The Balaban J connectivity index is 2.42. The van der Waals surface area contributed by atoms with Crippen molar-refractivity contribution < 1.29 is 14.6 Å². The first-order valence-electron chi connectivity index (χ1n) is 5.67. The molecule has 2 N–H and O–H groups in total. The molecule has 0 saturated carbocycles. The summed E-state index contributed by atoms with van der Waals surface area (Å²) >= 11 is 0.810. The van der Waals surface area contributed by atoms with Crippen LogP contribution in [0.3, 0.4) is 0 Å². The lowest BCUT2D eigenvalue weighted by Gasteiger charge is -2.02. The second-order valence-electron chi connectivity index (χ2n) is 3.82. The molecule has 2 aromatic rings. The highest BCUT2D eigenvalue weighted by molar-refractivity contribution is 7.99. The number of non-ortho nitro benzene ring substituents is 1. The molecule has 1 heterocycles. The van der Waals surface area contributed by atoms with Crippen LogP contribution in [-0.4, -0.2) is 38.2 Å². The highest BCUT2D eigenvalue weighted by atomic mass is 32.2. The average Bonchev–Trinajstić information content (AvgIpc) is 2.94. The van der Waals surface area contributed by atoms with Gasteiger partial charge in [-0.25, -0.2) is 0 Å². The van der Waals surface area contributed by atoms with Gasteiger partial charge in [-0.3, -0.25) is 25.0 Å². The predicted octanol–water partition coefficient (Wildman–Crippen LogP) is 1.13. The van der Waals surface area contributed by atoms with E-state index in [4.69, 9.17) is 0 Å². The van der Waals surface area contributed by atoms with Crippen molar-refractivity contribution in [2.75, 3.05) is 7.05 Å². The Morgan fingerprint density at radius 3 is 2.59 bits per heavy atom. The summed E-state index contributed by atoms with van der Waals surface area (Å²) in [5, 5.41) is 33.9. The number of amides is 1. The van der Waals surface area contributed by atoms with E-state index in [1.807, 2.05) is 0 Å². The van der Waals surface area contributed by atoms with Crippen LogP contribution in [0.5, 0.6) is 0 Å². The molecule has 0 radical (unpaired) electrons. The van der Waals surface area contributed by atoms with Crippen molar-refractivity contribution in [3.05, 3.63) is 44.1 Å². The molecule has 2 rings (SSSR count). The molecular weight excluding hydrogens is 316 g/mol. The minimum Gasteiger partial charge on any atom is -0.354 e. The summed E-state index contributed by atoms with van der Waals surface area (Å²) in [5.41, 5.74) is -0.882. The van der Waals surface area contributed by atoms with Gasteiger partial charge in [-0.15, -0.1) is 10.2 Å². The molecule has 0 bridgehead atoms. The molecule has 0 unspecified atom stereocenters. The van der Waals surface area contributed by atoms with E-state index in [1.54, 1.807) is 0 Å². The maximum Gasteiger partial charge on any atom is 0.290 e. The van der Waals surface area contributed by atoms with Gasteiger partial charge in [0, 0.05) is 13.1 Å². The zero-order chi connectivity index (χ0) is 16.3. The van der Waals surface area contributed by atoms with Gasteiger partial charge in [0.05, 0.1) is 20.8 Å². The van der Waals surface area contributed by atoms with Crippen LogP contribution in [0.4, 0.5) is 11.4 Å². The van der Waals surface area contributed by atoms with Gasteiger partial charge in [-0.1, -0.05) is 11.8 Å². The molecule has 0 spiro atoms. The SMILES string of the molecule is CNC(=O)c1n[nH]nc1Sc1ccc([N+](=O)[O-])cc1[N+](=O)[O-]. The lowest BCUT2D eigenvalue weighted by Crippen LogP contribution is -2.19. The van der Waals surface area contributed by atoms with Crippen LogP contribution in [0.15, 0.2) is 28.1 Å². The van der Waals surface area contributed by atoms with Crippen LogP contribution >= 0.6 is 11.8 Å². The van der Waals surface area contributed by atoms with Gasteiger partial charge in [0.15, 0.2) is 10.7 Å². The number of H-pyrrole nitrogens is 1. The van der Waals surface area contributed by atoms with Crippen molar-refractivity contribution in [3.8, 4) is 0 Å².